The van der Waals surface area contributed by atoms with Gasteiger partial charge < -0.3 is 15.7 Å². The third-order valence-corrected chi connectivity index (χ3v) is 4.44. The van der Waals surface area contributed by atoms with Gasteiger partial charge in [0.25, 0.3) is 0 Å². The van der Waals surface area contributed by atoms with Gasteiger partial charge in [-0.1, -0.05) is 45.0 Å². The molecule has 1 unspecified atom stereocenters. The van der Waals surface area contributed by atoms with Crippen LogP contribution in [0.5, 0.6) is 0 Å². The molecule has 0 radical (unpaired) electrons. The molecule has 156 valence electrons. The molecule has 1 atom stereocenters. The SMILES string of the molecule is CCNC(=NCC(O)c1ccc(C(C)(C)C)cc1)NCCNS(C)(=O)=O.I. The van der Waals surface area contributed by atoms with Crippen LogP contribution in [0.3, 0.4) is 0 Å². The molecule has 7 nitrogen and oxygen atoms in total. The molecule has 0 fully saturated rings. The summed E-state index contributed by atoms with van der Waals surface area (Å²) in [5.41, 5.74) is 2.10. The van der Waals surface area contributed by atoms with Crippen molar-refractivity contribution in [2.75, 3.05) is 32.4 Å². The first kappa shape index (κ1) is 26.1. The van der Waals surface area contributed by atoms with E-state index in [2.05, 4.69) is 41.1 Å². The lowest BCUT2D eigenvalue weighted by atomic mass is 9.86. The van der Waals surface area contributed by atoms with Crippen LogP contribution in [0.4, 0.5) is 0 Å². The van der Waals surface area contributed by atoms with Gasteiger partial charge in [0.2, 0.25) is 10.0 Å². The smallest absolute Gasteiger partial charge is 0.208 e. The second-order valence-electron chi connectivity index (χ2n) is 7.20. The Kier molecular flexibility index (Phi) is 11.4. The first-order valence-electron chi connectivity index (χ1n) is 8.78. The first-order chi connectivity index (χ1) is 12.0. The van der Waals surface area contributed by atoms with Crippen LogP contribution in [0.15, 0.2) is 29.3 Å². The minimum absolute atomic E-state index is 0. The maximum absolute atomic E-state index is 11.0. The summed E-state index contributed by atoms with van der Waals surface area (Å²) in [6.07, 6.45) is 0.418. The summed E-state index contributed by atoms with van der Waals surface area (Å²) < 4.78 is 24.5. The fourth-order valence-corrected chi connectivity index (χ4v) is 2.72. The van der Waals surface area contributed by atoms with E-state index in [4.69, 9.17) is 0 Å². The number of hydrogen-bond acceptors (Lipinski definition) is 4. The van der Waals surface area contributed by atoms with E-state index < -0.39 is 16.1 Å². The van der Waals surface area contributed by atoms with Gasteiger partial charge >= 0.3 is 0 Å². The molecule has 9 heteroatoms. The Labute approximate surface area is 180 Å². The summed E-state index contributed by atoms with van der Waals surface area (Å²) in [7, 11) is -3.20. The van der Waals surface area contributed by atoms with Crippen molar-refractivity contribution >= 4 is 40.0 Å². The van der Waals surface area contributed by atoms with Crippen molar-refractivity contribution < 1.29 is 13.5 Å². The zero-order valence-electron chi connectivity index (χ0n) is 16.7. The molecule has 1 aromatic carbocycles. The van der Waals surface area contributed by atoms with E-state index in [9.17, 15) is 13.5 Å². The van der Waals surface area contributed by atoms with Gasteiger partial charge in [-0.2, -0.15) is 0 Å². The first-order valence-corrected chi connectivity index (χ1v) is 10.7. The highest BCUT2D eigenvalue weighted by molar-refractivity contribution is 14.0. The summed E-state index contributed by atoms with van der Waals surface area (Å²) in [5, 5.41) is 16.5. The average Bonchev–Trinajstić information content (AvgIpc) is 2.54. The van der Waals surface area contributed by atoms with Crippen molar-refractivity contribution in [3.63, 3.8) is 0 Å². The molecule has 1 aromatic rings. The lowest BCUT2D eigenvalue weighted by Crippen LogP contribution is -2.41. The lowest BCUT2D eigenvalue weighted by molar-refractivity contribution is 0.187. The number of sulfonamides is 1. The predicted molar refractivity (Wildman–Crippen MR) is 122 cm³/mol. The Morgan fingerprint density at radius 1 is 1.15 bits per heavy atom. The summed E-state index contributed by atoms with van der Waals surface area (Å²) >= 11 is 0. The van der Waals surface area contributed by atoms with Crippen molar-refractivity contribution in [3.8, 4) is 0 Å². The Bertz CT molecular complexity index is 686. The number of aliphatic hydroxyl groups excluding tert-OH is 1. The average molecular weight is 512 g/mol. The van der Waals surface area contributed by atoms with E-state index >= 15 is 0 Å². The maximum Gasteiger partial charge on any atom is 0.208 e. The molecule has 0 amide bonds. The van der Waals surface area contributed by atoms with Crippen LogP contribution < -0.4 is 15.4 Å². The van der Waals surface area contributed by atoms with Crippen LogP contribution in [0.25, 0.3) is 0 Å². The quantitative estimate of drug-likeness (QED) is 0.184. The number of aliphatic imine (C=N–C) groups is 1. The summed E-state index contributed by atoms with van der Waals surface area (Å²) in [4.78, 5) is 4.36. The monoisotopic (exact) mass is 512 g/mol. The van der Waals surface area contributed by atoms with Gasteiger partial charge in [-0.05, 0) is 23.5 Å². The summed E-state index contributed by atoms with van der Waals surface area (Å²) in [5.74, 6) is 0.535. The van der Waals surface area contributed by atoms with Gasteiger partial charge in [-0.25, -0.2) is 13.1 Å². The predicted octanol–water partition coefficient (Wildman–Crippen LogP) is 1.74. The Hall–Kier alpha value is -0.910. The van der Waals surface area contributed by atoms with E-state index in [1.54, 1.807) is 0 Å². The number of nitrogens with one attached hydrogen (secondary N) is 3. The van der Waals surface area contributed by atoms with Crippen LogP contribution in [0.1, 0.15) is 44.9 Å². The fraction of sp³-hybridized carbons (Fsp3) is 0.611. The van der Waals surface area contributed by atoms with Crippen molar-refractivity contribution in [2.24, 2.45) is 4.99 Å². The molecular weight excluding hydrogens is 479 g/mol. The van der Waals surface area contributed by atoms with Crippen molar-refractivity contribution in [3.05, 3.63) is 35.4 Å². The van der Waals surface area contributed by atoms with Crippen molar-refractivity contribution in [2.45, 2.75) is 39.2 Å². The molecule has 0 aromatic heterocycles. The Balaban J connectivity index is 0.00000676. The second-order valence-corrected chi connectivity index (χ2v) is 9.03. The second kappa shape index (κ2) is 11.8. The third-order valence-electron chi connectivity index (χ3n) is 3.71. The number of rotatable bonds is 8. The molecular formula is C18H33IN4O3S. The van der Waals surface area contributed by atoms with E-state index in [-0.39, 0.29) is 42.5 Å². The standard InChI is InChI=1S/C18H32N4O3S.HI/c1-6-19-17(20-11-12-22-26(5,24)25)21-13-16(23)14-7-9-15(10-8-14)18(2,3)4;/h7-10,16,22-23H,6,11-13H2,1-5H3,(H2,19,20,21);1H. The molecule has 0 bridgehead atoms. The molecule has 0 aliphatic rings. The number of aliphatic hydroxyl groups is 1. The Morgan fingerprint density at radius 3 is 2.22 bits per heavy atom. The van der Waals surface area contributed by atoms with Crippen LogP contribution in [0.2, 0.25) is 0 Å². The van der Waals surface area contributed by atoms with Gasteiger partial charge in [0.05, 0.1) is 18.9 Å². The molecule has 0 spiro atoms. The molecule has 0 saturated carbocycles. The molecule has 27 heavy (non-hydrogen) atoms. The van der Waals surface area contributed by atoms with Crippen molar-refractivity contribution in [1.29, 1.82) is 0 Å². The number of hydrogen-bond donors (Lipinski definition) is 4. The number of nitrogens with zero attached hydrogens (tertiary/aromatic N) is 1. The van der Waals surface area contributed by atoms with Gasteiger partial charge in [-0.15, -0.1) is 24.0 Å². The number of halogens is 1. The summed E-state index contributed by atoms with van der Waals surface area (Å²) in [6, 6.07) is 7.92. The van der Waals surface area contributed by atoms with Crippen LogP contribution in [-0.2, 0) is 15.4 Å². The molecule has 0 aliphatic heterocycles. The minimum Gasteiger partial charge on any atom is -0.386 e. The van der Waals surface area contributed by atoms with Crippen LogP contribution in [0, 0.1) is 0 Å². The van der Waals surface area contributed by atoms with Crippen LogP contribution in [-0.4, -0.2) is 51.9 Å². The molecule has 1 rings (SSSR count). The van der Waals surface area contributed by atoms with Crippen molar-refractivity contribution in [1.82, 2.24) is 15.4 Å². The largest absolute Gasteiger partial charge is 0.386 e. The molecule has 0 aliphatic carbocycles. The number of benzene rings is 1. The minimum atomic E-state index is -3.20. The highest BCUT2D eigenvalue weighted by atomic mass is 127. The van der Waals surface area contributed by atoms with E-state index in [1.807, 2.05) is 31.2 Å². The van der Waals surface area contributed by atoms with Gasteiger partial charge in [0.1, 0.15) is 0 Å². The van der Waals surface area contributed by atoms with Crippen LogP contribution >= 0.6 is 24.0 Å². The summed E-state index contributed by atoms with van der Waals surface area (Å²) in [6.45, 7) is 9.93. The molecule has 4 N–H and O–H groups in total. The molecule has 0 saturated heterocycles. The Morgan fingerprint density at radius 2 is 1.74 bits per heavy atom. The fourth-order valence-electron chi connectivity index (χ4n) is 2.25. The van der Waals surface area contributed by atoms with E-state index in [0.29, 0.717) is 19.0 Å². The number of guanidine groups is 1. The maximum atomic E-state index is 11.0. The highest BCUT2D eigenvalue weighted by Crippen LogP contribution is 2.24. The van der Waals surface area contributed by atoms with Gasteiger partial charge in [-0.3, -0.25) is 4.99 Å². The normalized spacial score (nSPS) is 13.6. The zero-order chi connectivity index (χ0) is 19.8. The van der Waals surface area contributed by atoms with Gasteiger partial charge in [0, 0.05) is 19.6 Å². The topological polar surface area (TPSA) is 103 Å². The third kappa shape index (κ3) is 10.9. The van der Waals surface area contributed by atoms with E-state index in [0.717, 1.165) is 11.8 Å². The highest BCUT2D eigenvalue weighted by Gasteiger charge is 2.14. The van der Waals surface area contributed by atoms with E-state index in [1.165, 1.54) is 5.56 Å². The lowest BCUT2D eigenvalue weighted by Gasteiger charge is -2.20. The van der Waals surface area contributed by atoms with Gasteiger partial charge in [0.15, 0.2) is 5.96 Å². The zero-order valence-corrected chi connectivity index (χ0v) is 19.9. The molecule has 0 heterocycles.